The fraction of sp³-hybridized carbons (Fsp3) is 0.438. The van der Waals surface area contributed by atoms with Crippen LogP contribution in [0.1, 0.15) is 26.3 Å². The lowest BCUT2D eigenvalue weighted by molar-refractivity contribution is 0.684. The SMILES string of the molecule is CCN(c1nc2ccccc2cc1CNC)C(C)C. The summed E-state index contributed by atoms with van der Waals surface area (Å²) in [5, 5.41) is 4.45. The first kappa shape index (κ1) is 13.8. The van der Waals surface area contributed by atoms with Gasteiger partial charge in [0.25, 0.3) is 0 Å². The van der Waals surface area contributed by atoms with E-state index in [1.807, 2.05) is 13.1 Å². The van der Waals surface area contributed by atoms with E-state index >= 15 is 0 Å². The van der Waals surface area contributed by atoms with E-state index in [9.17, 15) is 0 Å². The Labute approximate surface area is 115 Å². The zero-order valence-electron chi connectivity index (χ0n) is 12.3. The third-order valence-electron chi connectivity index (χ3n) is 3.38. The van der Waals surface area contributed by atoms with E-state index in [0.717, 1.165) is 24.4 Å². The molecule has 3 heteroatoms. The molecule has 2 rings (SSSR count). The Hall–Kier alpha value is -1.61. The highest BCUT2D eigenvalue weighted by molar-refractivity contribution is 5.81. The van der Waals surface area contributed by atoms with Crippen LogP contribution in [0.5, 0.6) is 0 Å². The van der Waals surface area contributed by atoms with Crippen LogP contribution in [0, 0.1) is 0 Å². The summed E-state index contributed by atoms with van der Waals surface area (Å²) in [4.78, 5) is 7.22. The third kappa shape index (κ3) is 2.87. The molecule has 0 aliphatic rings. The molecule has 0 saturated heterocycles. The van der Waals surface area contributed by atoms with Gasteiger partial charge in [-0.05, 0) is 40.0 Å². The molecule has 1 heterocycles. The van der Waals surface area contributed by atoms with Crippen molar-refractivity contribution < 1.29 is 0 Å². The predicted molar refractivity (Wildman–Crippen MR) is 82.7 cm³/mol. The highest BCUT2D eigenvalue weighted by Gasteiger charge is 2.15. The average Bonchev–Trinajstić information content (AvgIpc) is 2.40. The van der Waals surface area contributed by atoms with E-state index in [0.29, 0.717) is 6.04 Å². The molecule has 0 saturated carbocycles. The Morgan fingerprint density at radius 1 is 1.26 bits per heavy atom. The van der Waals surface area contributed by atoms with E-state index < -0.39 is 0 Å². The van der Waals surface area contributed by atoms with Crippen LogP contribution in [0.15, 0.2) is 30.3 Å². The number of hydrogen-bond donors (Lipinski definition) is 1. The van der Waals surface area contributed by atoms with Gasteiger partial charge in [-0.1, -0.05) is 18.2 Å². The molecule has 102 valence electrons. The lowest BCUT2D eigenvalue weighted by atomic mass is 10.1. The van der Waals surface area contributed by atoms with Crippen LogP contribution in [0.4, 0.5) is 5.82 Å². The molecular formula is C16H23N3. The van der Waals surface area contributed by atoms with Crippen molar-refractivity contribution in [2.45, 2.75) is 33.4 Å². The lowest BCUT2D eigenvalue weighted by Gasteiger charge is -2.28. The topological polar surface area (TPSA) is 28.2 Å². The number of anilines is 1. The van der Waals surface area contributed by atoms with Crippen LogP contribution < -0.4 is 10.2 Å². The van der Waals surface area contributed by atoms with Gasteiger partial charge >= 0.3 is 0 Å². The van der Waals surface area contributed by atoms with E-state index in [4.69, 9.17) is 4.98 Å². The van der Waals surface area contributed by atoms with Gasteiger partial charge in [-0.2, -0.15) is 0 Å². The summed E-state index contributed by atoms with van der Waals surface area (Å²) in [5.74, 6) is 1.10. The van der Waals surface area contributed by atoms with Gasteiger partial charge in [-0.3, -0.25) is 0 Å². The maximum Gasteiger partial charge on any atom is 0.134 e. The fourth-order valence-electron chi connectivity index (χ4n) is 2.48. The van der Waals surface area contributed by atoms with Crippen LogP contribution in [0.3, 0.4) is 0 Å². The van der Waals surface area contributed by atoms with E-state index in [-0.39, 0.29) is 0 Å². The van der Waals surface area contributed by atoms with Crippen LogP contribution >= 0.6 is 0 Å². The molecule has 0 aliphatic carbocycles. The summed E-state index contributed by atoms with van der Waals surface area (Å²) in [6.07, 6.45) is 0. The molecule has 3 nitrogen and oxygen atoms in total. The standard InChI is InChI=1S/C16H23N3/c1-5-19(12(2)3)16-14(11-17-4)10-13-8-6-7-9-15(13)18-16/h6-10,12,17H,5,11H2,1-4H3. The Morgan fingerprint density at radius 2 is 2.00 bits per heavy atom. The Kier molecular flexibility index (Phi) is 4.38. The van der Waals surface area contributed by atoms with Gasteiger partial charge < -0.3 is 10.2 Å². The lowest BCUT2D eigenvalue weighted by Crippen LogP contribution is -2.32. The first-order valence-corrected chi connectivity index (χ1v) is 6.97. The normalized spacial score (nSPS) is 11.2. The van der Waals surface area contributed by atoms with Crippen molar-refractivity contribution in [1.29, 1.82) is 0 Å². The molecule has 1 aromatic carbocycles. The molecule has 0 radical (unpaired) electrons. The smallest absolute Gasteiger partial charge is 0.134 e. The molecule has 0 aliphatic heterocycles. The molecular weight excluding hydrogens is 234 g/mol. The van der Waals surface area contributed by atoms with Crippen molar-refractivity contribution >= 4 is 16.7 Å². The van der Waals surface area contributed by atoms with E-state index in [2.05, 4.69) is 55.3 Å². The first-order valence-electron chi connectivity index (χ1n) is 6.97. The maximum atomic E-state index is 4.87. The minimum atomic E-state index is 0.453. The number of rotatable bonds is 5. The largest absolute Gasteiger partial charge is 0.354 e. The van der Waals surface area contributed by atoms with Crippen LogP contribution in [-0.2, 0) is 6.54 Å². The Bertz CT molecular complexity index is 549. The van der Waals surface area contributed by atoms with Crippen LogP contribution in [-0.4, -0.2) is 24.6 Å². The second-order valence-electron chi connectivity index (χ2n) is 5.07. The zero-order valence-corrected chi connectivity index (χ0v) is 12.3. The van der Waals surface area contributed by atoms with Crippen molar-refractivity contribution in [3.8, 4) is 0 Å². The summed E-state index contributed by atoms with van der Waals surface area (Å²) >= 11 is 0. The van der Waals surface area contributed by atoms with Gasteiger partial charge in [0, 0.05) is 30.1 Å². The minimum absolute atomic E-state index is 0.453. The quantitative estimate of drug-likeness (QED) is 0.891. The molecule has 0 spiro atoms. The van der Waals surface area contributed by atoms with Crippen molar-refractivity contribution in [2.24, 2.45) is 0 Å². The molecule has 19 heavy (non-hydrogen) atoms. The summed E-state index contributed by atoms with van der Waals surface area (Å²) < 4.78 is 0. The molecule has 0 atom stereocenters. The Balaban J connectivity index is 2.58. The van der Waals surface area contributed by atoms with E-state index in [1.165, 1.54) is 10.9 Å². The molecule has 2 aromatic rings. The molecule has 0 fully saturated rings. The number of aromatic nitrogens is 1. The van der Waals surface area contributed by atoms with Gasteiger partial charge in [-0.15, -0.1) is 0 Å². The zero-order chi connectivity index (χ0) is 13.8. The second-order valence-corrected chi connectivity index (χ2v) is 5.07. The number of benzene rings is 1. The Morgan fingerprint density at radius 3 is 2.63 bits per heavy atom. The molecule has 1 aromatic heterocycles. The molecule has 0 amide bonds. The van der Waals surface area contributed by atoms with Crippen molar-refractivity contribution in [3.05, 3.63) is 35.9 Å². The summed E-state index contributed by atoms with van der Waals surface area (Å²) in [7, 11) is 1.98. The number of nitrogens with one attached hydrogen (secondary N) is 1. The molecule has 0 unspecified atom stereocenters. The monoisotopic (exact) mass is 257 g/mol. The van der Waals surface area contributed by atoms with Gasteiger partial charge in [0.2, 0.25) is 0 Å². The number of para-hydroxylation sites is 1. The average molecular weight is 257 g/mol. The first-order chi connectivity index (χ1) is 9.17. The second kappa shape index (κ2) is 6.02. The number of fused-ring (bicyclic) bond motifs is 1. The number of hydrogen-bond acceptors (Lipinski definition) is 3. The van der Waals surface area contributed by atoms with Gasteiger partial charge in [0.15, 0.2) is 0 Å². The van der Waals surface area contributed by atoms with Gasteiger partial charge in [0.05, 0.1) is 5.52 Å². The highest BCUT2D eigenvalue weighted by Crippen LogP contribution is 2.25. The van der Waals surface area contributed by atoms with Crippen LogP contribution in [0.25, 0.3) is 10.9 Å². The molecule has 0 bridgehead atoms. The summed E-state index contributed by atoms with van der Waals surface area (Å²) in [5.41, 5.74) is 2.33. The fourth-order valence-corrected chi connectivity index (χ4v) is 2.48. The van der Waals surface area contributed by atoms with Crippen LogP contribution in [0.2, 0.25) is 0 Å². The summed E-state index contributed by atoms with van der Waals surface area (Å²) in [6, 6.07) is 11.0. The predicted octanol–water partition coefficient (Wildman–Crippen LogP) is 3.19. The van der Waals surface area contributed by atoms with E-state index in [1.54, 1.807) is 0 Å². The minimum Gasteiger partial charge on any atom is -0.354 e. The van der Waals surface area contributed by atoms with Crippen molar-refractivity contribution in [1.82, 2.24) is 10.3 Å². The summed E-state index contributed by atoms with van der Waals surface area (Å²) in [6.45, 7) is 8.42. The van der Waals surface area contributed by atoms with Crippen molar-refractivity contribution in [2.75, 3.05) is 18.5 Å². The number of nitrogens with zero attached hydrogens (tertiary/aromatic N) is 2. The van der Waals surface area contributed by atoms with Crippen molar-refractivity contribution in [3.63, 3.8) is 0 Å². The number of pyridine rings is 1. The highest BCUT2D eigenvalue weighted by atomic mass is 15.2. The molecule has 1 N–H and O–H groups in total. The third-order valence-corrected chi connectivity index (χ3v) is 3.38. The maximum absolute atomic E-state index is 4.87. The van der Waals surface area contributed by atoms with Gasteiger partial charge in [-0.25, -0.2) is 4.98 Å². The van der Waals surface area contributed by atoms with Gasteiger partial charge in [0.1, 0.15) is 5.82 Å².